The molecule has 0 unspecified atom stereocenters. The number of ether oxygens (including phenoxy) is 3. The Morgan fingerprint density at radius 3 is 2.85 bits per heavy atom. The number of nitrogens with zero attached hydrogens (tertiary/aromatic N) is 2. The molecule has 1 N–H and O–H groups in total. The number of benzene rings is 1. The number of aromatic nitrogens is 2. The number of carbonyl (C=O) groups excluding carboxylic acids is 2. The molecule has 1 aromatic heterocycles. The van der Waals surface area contributed by atoms with Gasteiger partial charge in [0.15, 0.2) is 0 Å². The highest BCUT2D eigenvalue weighted by molar-refractivity contribution is 5.96. The van der Waals surface area contributed by atoms with Crippen molar-refractivity contribution in [2.24, 2.45) is 5.92 Å². The van der Waals surface area contributed by atoms with Gasteiger partial charge in [-0.05, 0) is 37.8 Å². The fraction of sp³-hybridized carbons (Fsp3) is 0.542. The lowest BCUT2D eigenvalue weighted by molar-refractivity contribution is 0.0430. The van der Waals surface area contributed by atoms with Crippen molar-refractivity contribution in [1.82, 2.24) is 15.1 Å². The molecule has 1 aromatic carbocycles. The molecule has 9 heteroatoms. The Balaban J connectivity index is 1.70. The van der Waals surface area contributed by atoms with Gasteiger partial charge in [-0.15, -0.1) is 0 Å². The molecule has 33 heavy (non-hydrogen) atoms. The van der Waals surface area contributed by atoms with Gasteiger partial charge >= 0.3 is 5.97 Å². The van der Waals surface area contributed by atoms with Gasteiger partial charge in [0.2, 0.25) is 0 Å². The molecule has 0 bridgehead atoms. The second-order valence-corrected chi connectivity index (χ2v) is 8.18. The molecule has 0 spiro atoms. The molecule has 3 rings (SSSR count). The number of hydrogen-bond donors (Lipinski definition) is 1. The minimum absolute atomic E-state index is 0.0930. The molecule has 1 amide bonds. The summed E-state index contributed by atoms with van der Waals surface area (Å²) in [5, 5.41) is 7.65. The van der Waals surface area contributed by atoms with Crippen molar-refractivity contribution in [2.45, 2.75) is 46.1 Å². The summed E-state index contributed by atoms with van der Waals surface area (Å²) in [4.78, 5) is 25.2. The average molecular weight is 462 g/mol. The van der Waals surface area contributed by atoms with E-state index in [1.807, 2.05) is 18.5 Å². The fourth-order valence-corrected chi connectivity index (χ4v) is 3.81. The van der Waals surface area contributed by atoms with E-state index in [0.29, 0.717) is 50.5 Å². The van der Waals surface area contributed by atoms with E-state index in [-0.39, 0.29) is 24.0 Å². The molecule has 0 saturated heterocycles. The van der Waals surface area contributed by atoms with E-state index in [4.69, 9.17) is 14.2 Å². The standard InChI is InChI=1S/C24H32FN3O5/c1-4-20-22-21(7-5-11-32-12-6-10-26-23(22)29)28(27-20)14-16(2)15-33-24(30)18-9-8-17(31-3)13-19(18)25/h8-9,13,16H,4-7,10-12,14-15H2,1-3H3,(H,26,29)/t16-/m1/s1. The molecule has 2 aromatic rings. The molecule has 0 saturated carbocycles. The average Bonchev–Trinajstić information content (AvgIpc) is 3.13. The second kappa shape index (κ2) is 11.8. The van der Waals surface area contributed by atoms with Crippen LogP contribution in [0.15, 0.2) is 18.2 Å². The zero-order valence-electron chi connectivity index (χ0n) is 19.5. The first-order valence-electron chi connectivity index (χ1n) is 11.4. The van der Waals surface area contributed by atoms with Crippen LogP contribution in [0.4, 0.5) is 4.39 Å². The third-order valence-electron chi connectivity index (χ3n) is 5.53. The van der Waals surface area contributed by atoms with E-state index in [2.05, 4.69) is 10.4 Å². The quantitative estimate of drug-likeness (QED) is 0.637. The zero-order valence-corrected chi connectivity index (χ0v) is 19.5. The van der Waals surface area contributed by atoms with Crippen molar-refractivity contribution in [2.75, 3.05) is 33.5 Å². The minimum atomic E-state index is -0.729. The first-order chi connectivity index (χ1) is 15.9. The summed E-state index contributed by atoms with van der Waals surface area (Å²) in [6, 6.07) is 4.01. The van der Waals surface area contributed by atoms with Crippen molar-refractivity contribution in [3.63, 3.8) is 0 Å². The summed E-state index contributed by atoms with van der Waals surface area (Å²) in [6.07, 6.45) is 2.86. The van der Waals surface area contributed by atoms with Gasteiger partial charge in [0.1, 0.15) is 11.6 Å². The van der Waals surface area contributed by atoms with Crippen LogP contribution in [0.25, 0.3) is 0 Å². The summed E-state index contributed by atoms with van der Waals surface area (Å²) < 4.78 is 31.9. The molecular weight excluding hydrogens is 429 g/mol. The number of rotatable bonds is 7. The van der Waals surface area contributed by atoms with Crippen molar-refractivity contribution in [3.05, 3.63) is 46.5 Å². The Morgan fingerprint density at radius 1 is 1.33 bits per heavy atom. The van der Waals surface area contributed by atoms with Gasteiger partial charge in [-0.25, -0.2) is 9.18 Å². The SMILES string of the molecule is CCc1nn(C[C@@H](C)COC(=O)c2ccc(OC)cc2F)c2c1C(=O)NCCCOCCC2. The third-order valence-corrected chi connectivity index (χ3v) is 5.53. The normalized spacial score (nSPS) is 15.7. The third kappa shape index (κ3) is 6.31. The molecule has 8 nitrogen and oxygen atoms in total. The molecule has 1 aliphatic heterocycles. The minimum Gasteiger partial charge on any atom is -0.497 e. The molecule has 0 fully saturated rings. The van der Waals surface area contributed by atoms with Gasteiger partial charge in [-0.1, -0.05) is 13.8 Å². The molecule has 180 valence electrons. The molecule has 1 atom stereocenters. The number of halogens is 1. The van der Waals surface area contributed by atoms with Gasteiger partial charge < -0.3 is 19.5 Å². The van der Waals surface area contributed by atoms with Crippen molar-refractivity contribution in [1.29, 1.82) is 0 Å². The number of amides is 1. The van der Waals surface area contributed by atoms with Crippen LogP contribution in [-0.4, -0.2) is 55.1 Å². The first-order valence-corrected chi connectivity index (χ1v) is 11.4. The van der Waals surface area contributed by atoms with E-state index in [1.165, 1.54) is 19.2 Å². The number of esters is 1. The lowest BCUT2D eigenvalue weighted by atomic mass is 10.1. The Labute approximate surface area is 193 Å². The van der Waals surface area contributed by atoms with Crippen molar-refractivity contribution in [3.8, 4) is 5.75 Å². The summed E-state index contributed by atoms with van der Waals surface area (Å²) >= 11 is 0. The highest BCUT2D eigenvalue weighted by Gasteiger charge is 2.24. The van der Waals surface area contributed by atoms with Gasteiger partial charge in [0, 0.05) is 38.3 Å². The van der Waals surface area contributed by atoms with E-state index in [0.717, 1.165) is 30.3 Å². The largest absolute Gasteiger partial charge is 0.497 e. The predicted octanol–water partition coefficient (Wildman–Crippen LogP) is 3.17. The van der Waals surface area contributed by atoms with Crippen molar-refractivity contribution >= 4 is 11.9 Å². The first kappa shape index (κ1) is 24.7. The molecule has 1 aliphatic rings. The number of carbonyl (C=O) groups is 2. The topological polar surface area (TPSA) is 91.7 Å². The zero-order chi connectivity index (χ0) is 23.8. The Bertz CT molecular complexity index is 975. The highest BCUT2D eigenvalue weighted by atomic mass is 19.1. The van der Waals surface area contributed by atoms with E-state index in [1.54, 1.807) is 0 Å². The maximum Gasteiger partial charge on any atom is 0.341 e. The van der Waals surface area contributed by atoms with Crippen LogP contribution in [0.5, 0.6) is 5.75 Å². The highest BCUT2D eigenvalue weighted by Crippen LogP contribution is 2.21. The Kier molecular flexibility index (Phi) is 8.82. The van der Waals surface area contributed by atoms with Crippen LogP contribution in [-0.2, 0) is 28.9 Å². The van der Waals surface area contributed by atoms with Crippen LogP contribution in [0.3, 0.4) is 0 Å². The molecule has 2 heterocycles. The number of nitrogens with one attached hydrogen (secondary N) is 1. The van der Waals surface area contributed by atoms with Gasteiger partial charge in [0.05, 0.1) is 36.2 Å². The number of aryl methyl sites for hydroxylation is 1. The van der Waals surface area contributed by atoms with Crippen LogP contribution < -0.4 is 10.1 Å². The van der Waals surface area contributed by atoms with Gasteiger partial charge in [0.25, 0.3) is 5.91 Å². The number of methoxy groups -OCH3 is 1. The summed E-state index contributed by atoms with van der Waals surface area (Å²) in [5.74, 6) is -1.29. The smallest absolute Gasteiger partial charge is 0.341 e. The summed E-state index contributed by atoms with van der Waals surface area (Å²) in [7, 11) is 1.43. The fourth-order valence-electron chi connectivity index (χ4n) is 3.81. The van der Waals surface area contributed by atoms with E-state index < -0.39 is 11.8 Å². The van der Waals surface area contributed by atoms with Crippen LogP contribution in [0.1, 0.15) is 58.8 Å². The number of hydrogen-bond acceptors (Lipinski definition) is 6. The Hall–Kier alpha value is -2.94. The molecular formula is C24H32FN3O5. The van der Waals surface area contributed by atoms with Gasteiger partial charge in [-0.2, -0.15) is 5.10 Å². The monoisotopic (exact) mass is 461 g/mol. The second-order valence-electron chi connectivity index (χ2n) is 8.18. The molecule has 0 radical (unpaired) electrons. The lowest BCUT2D eigenvalue weighted by Crippen LogP contribution is -2.27. The molecule has 0 aliphatic carbocycles. The van der Waals surface area contributed by atoms with Gasteiger partial charge in [-0.3, -0.25) is 9.48 Å². The van der Waals surface area contributed by atoms with Crippen molar-refractivity contribution < 1.29 is 28.2 Å². The summed E-state index contributed by atoms with van der Waals surface area (Å²) in [5.41, 5.74) is 2.13. The summed E-state index contributed by atoms with van der Waals surface area (Å²) in [6.45, 7) is 6.27. The van der Waals surface area contributed by atoms with Crippen LogP contribution >= 0.6 is 0 Å². The van der Waals surface area contributed by atoms with Crippen LogP contribution in [0, 0.1) is 11.7 Å². The lowest BCUT2D eigenvalue weighted by Gasteiger charge is -2.15. The maximum absolute atomic E-state index is 14.1. The Morgan fingerprint density at radius 2 is 2.12 bits per heavy atom. The van der Waals surface area contributed by atoms with E-state index >= 15 is 0 Å². The van der Waals surface area contributed by atoms with Crippen LogP contribution in [0.2, 0.25) is 0 Å². The maximum atomic E-state index is 14.1. The predicted molar refractivity (Wildman–Crippen MR) is 120 cm³/mol. The number of fused-ring (bicyclic) bond motifs is 1. The van der Waals surface area contributed by atoms with E-state index in [9.17, 15) is 14.0 Å².